The molecule has 3 heteroatoms. The highest BCUT2D eigenvalue weighted by atomic mass is 19.3. The van der Waals surface area contributed by atoms with Crippen LogP contribution in [0.3, 0.4) is 0 Å². The first-order valence-corrected chi connectivity index (χ1v) is 4.62. The van der Waals surface area contributed by atoms with Gasteiger partial charge in [0.05, 0.1) is 0 Å². The zero-order chi connectivity index (χ0) is 9.26. The Labute approximate surface area is 76.1 Å². The summed E-state index contributed by atoms with van der Waals surface area (Å²) in [5, 5.41) is 0. The number of halogens is 2. The number of hydrogen-bond donors (Lipinski definition) is 0. The van der Waals surface area contributed by atoms with Crippen LogP contribution in [0.4, 0.5) is 8.78 Å². The van der Waals surface area contributed by atoms with Crippen LogP contribution in [0.25, 0.3) is 0 Å². The van der Waals surface area contributed by atoms with Crippen molar-refractivity contribution >= 4 is 0 Å². The van der Waals surface area contributed by atoms with E-state index in [0.717, 1.165) is 31.3 Å². The predicted octanol–water partition coefficient (Wildman–Crippen LogP) is 3.24. The molecule has 2 aliphatic carbocycles. The highest BCUT2D eigenvalue weighted by Gasteiger charge is 2.29. The lowest BCUT2D eigenvalue weighted by Gasteiger charge is -2.15. The molecule has 0 aliphatic heterocycles. The molecule has 0 saturated heterocycles. The molecule has 2 aliphatic rings. The van der Waals surface area contributed by atoms with E-state index in [9.17, 15) is 8.78 Å². The van der Waals surface area contributed by atoms with Gasteiger partial charge in [0.1, 0.15) is 5.76 Å². The molecule has 2 rings (SSSR count). The second kappa shape index (κ2) is 3.48. The van der Waals surface area contributed by atoms with Crippen LogP contribution in [0.1, 0.15) is 25.7 Å². The van der Waals surface area contributed by atoms with Gasteiger partial charge in [0.2, 0.25) is 0 Å². The molecule has 0 aromatic heterocycles. The normalized spacial score (nSPS) is 22.7. The van der Waals surface area contributed by atoms with Gasteiger partial charge in [0.25, 0.3) is 0 Å². The number of hydrogen-bond acceptors (Lipinski definition) is 1. The lowest BCUT2D eigenvalue weighted by molar-refractivity contribution is -0.0935. The molecule has 1 nitrogen and oxygen atoms in total. The molecule has 0 atom stereocenters. The lowest BCUT2D eigenvalue weighted by atomic mass is 9.99. The molecule has 0 bridgehead atoms. The van der Waals surface area contributed by atoms with Crippen molar-refractivity contribution in [1.29, 1.82) is 0 Å². The van der Waals surface area contributed by atoms with Crippen LogP contribution in [-0.2, 0) is 4.74 Å². The summed E-state index contributed by atoms with van der Waals surface area (Å²) in [6.07, 6.45) is 7.70. The SMILES string of the molecule is FC(F)OC1=C(C2CC2)CCC=C1. The average molecular weight is 186 g/mol. The van der Waals surface area contributed by atoms with Gasteiger partial charge in [0, 0.05) is 0 Å². The number of alkyl halides is 2. The smallest absolute Gasteiger partial charge is 0.387 e. The first-order chi connectivity index (χ1) is 6.27. The summed E-state index contributed by atoms with van der Waals surface area (Å²) in [6, 6.07) is 0. The average Bonchev–Trinajstić information content (AvgIpc) is 2.87. The minimum atomic E-state index is -2.69. The van der Waals surface area contributed by atoms with Gasteiger partial charge in [-0.2, -0.15) is 8.78 Å². The summed E-state index contributed by atoms with van der Waals surface area (Å²) >= 11 is 0. The van der Waals surface area contributed by atoms with E-state index in [1.54, 1.807) is 6.08 Å². The second-order valence-corrected chi connectivity index (χ2v) is 3.48. The standard InChI is InChI=1S/C10H12F2O/c11-10(12)13-9-4-2-1-3-8(9)7-5-6-7/h2,4,7,10H,1,3,5-6H2. The topological polar surface area (TPSA) is 9.23 Å². The number of ether oxygens (including phenoxy) is 1. The van der Waals surface area contributed by atoms with Gasteiger partial charge >= 0.3 is 6.61 Å². The zero-order valence-corrected chi connectivity index (χ0v) is 7.30. The lowest BCUT2D eigenvalue weighted by Crippen LogP contribution is -2.04. The van der Waals surface area contributed by atoms with E-state index >= 15 is 0 Å². The summed E-state index contributed by atoms with van der Waals surface area (Å²) in [6.45, 7) is -2.69. The number of rotatable bonds is 3. The molecule has 0 aromatic carbocycles. The highest BCUT2D eigenvalue weighted by molar-refractivity contribution is 5.28. The molecule has 13 heavy (non-hydrogen) atoms. The van der Waals surface area contributed by atoms with Crippen molar-refractivity contribution in [3.63, 3.8) is 0 Å². The maximum atomic E-state index is 12.0. The Bertz CT molecular complexity index is 252. The van der Waals surface area contributed by atoms with Gasteiger partial charge in [-0.05, 0) is 43.3 Å². The molecule has 0 radical (unpaired) electrons. The molecule has 0 heterocycles. The van der Waals surface area contributed by atoms with Crippen molar-refractivity contribution in [3.8, 4) is 0 Å². The molecule has 72 valence electrons. The number of allylic oxidation sites excluding steroid dienone is 3. The predicted molar refractivity (Wildman–Crippen MR) is 45.2 cm³/mol. The van der Waals surface area contributed by atoms with Crippen LogP contribution in [0.15, 0.2) is 23.5 Å². The minimum Gasteiger partial charge on any atom is -0.435 e. The van der Waals surface area contributed by atoms with E-state index in [-0.39, 0.29) is 0 Å². The Balaban J connectivity index is 2.12. The van der Waals surface area contributed by atoms with Crippen molar-refractivity contribution in [2.75, 3.05) is 0 Å². The van der Waals surface area contributed by atoms with E-state index in [2.05, 4.69) is 4.74 Å². The second-order valence-electron chi connectivity index (χ2n) is 3.48. The maximum absolute atomic E-state index is 12.0. The Morgan fingerprint density at radius 1 is 1.38 bits per heavy atom. The maximum Gasteiger partial charge on any atom is 0.387 e. The van der Waals surface area contributed by atoms with E-state index in [1.165, 1.54) is 0 Å². The summed E-state index contributed by atoms with van der Waals surface area (Å²) < 4.78 is 28.4. The first kappa shape index (κ1) is 8.73. The van der Waals surface area contributed by atoms with E-state index in [4.69, 9.17) is 0 Å². The third-order valence-electron chi connectivity index (χ3n) is 2.45. The fraction of sp³-hybridized carbons (Fsp3) is 0.600. The van der Waals surface area contributed by atoms with Crippen molar-refractivity contribution in [3.05, 3.63) is 23.5 Å². The summed E-state index contributed by atoms with van der Waals surface area (Å²) in [5.41, 5.74) is 1.10. The van der Waals surface area contributed by atoms with Crippen molar-refractivity contribution in [2.45, 2.75) is 32.3 Å². The van der Waals surface area contributed by atoms with E-state index < -0.39 is 6.61 Å². The Hall–Kier alpha value is -0.860. The highest BCUT2D eigenvalue weighted by Crippen LogP contribution is 2.42. The fourth-order valence-corrected chi connectivity index (χ4v) is 1.71. The van der Waals surface area contributed by atoms with Crippen molar-refractivity contribution in [2.24, 2.45) is 5.92 Å². The van der Waals surface area contributed by atoms with Crippen molar-refractivity contribution in [1.82, 2.24) is 0 Å². The molecule has 0 amide bonds. The Morgan fingerprint density at radius 3 is 2.77 bits per heavy atom. The van der Waals surface area contributed by atoms with Crippen LogP contribution in [0, 0.1) is 5.92 Å². The third kappa shape index (κ3) is 2.08. The Morgan fingerprint density at radius 2 is 2.15 bits per heavy atom. The molecular weight excluding hydrogens is 174 g/mol. The van der Waals surface area contributed by atoms with Crippen LogP contribution in [0.5, 0.6) is 0 Å². The fourth-order valence-electron chi connectivity index (χ4n) is 1.71. The molecule has 0 unspecified atom stereocenters. The molecule has 0 N–H and O–H groups in total. The van der Waals surface area contributed by atoms with Crippen molar-refractivity contribution < 1.29 is 13.5 Å². The molecule has 1 saturated carbocycles. The van der Waals surface area contributed by atoms with E-state index in [1.807, 2.05) is 6.08 Å². The van der Waals surface area contributed by atoms with Gasteiger partial charge in [-0.15, -0.1) is 0 Å². The van der Waals surface area contributed by atoms with E-state index in [0.29, 0.717) is 11.7 Å². The van der Waals surface area contributed by atoms with Gasteiger partial charge in [0.15, 0.2) is 0 Å². The molecular formula is C10H12F2O. The van der Waals surface area contributed by atoms with Crippen LogP contribution in [0.2, 0.25) is 0 Å². The van der Waals surface area contributed by atoms with Gasteiger partial charge in [-0.25, -0.2) is 0 Å². The molecule has 0 spiro atoms. The van der Waals surface area contributed by atoms with Crippen LogP contribution in [-0.4, -0.2) is 6.61 Å². The summed E-state index contributed by atoms with van der Waals surface area (Å²) in [4.78, 5) is 0. The summed E-state index contributed by atoms with van der Waals surface area (Å²) in [5.74, 6) is 0.947. The van der Waals surface area contributed by atoms with Gasteiger partial charge in [-0.3, -0.25) is 0 Å². The van der Waals surface area contributed by atoms with Gasteiger partial charge < -0.3 is 4.74 Å². The molecule has 0 aromatic rings. The quantitative estimate of drug-likeness (QED) is 0.657. The third-order valence-corrected chi connectivity index (χ3v) is 2.45. The molecule has 1 fully saturated rings. The zero-order valence-electron chi connectivity index (χ0n) is 7.30. The Kier molecular flexibility index (Phi) is 2.34. The van der Waals surface area contributed by atoms with Gasteiger partial charge in [-0.1, -0.05) is 6.08 Å². The minimum absolute atomic E-state index is 0.420. The van der Waals surface area contributed by atoms with Crippen LogP contribution >= 0.6 is 0 Å². The largest absolute Gasteiger partial charge is 0.435 e. The first-order valence-electron chi connectivity index (χ1n) is 4.62. The summed E-state index contributed by atoms with van der Waals surface area (Å²) in [7, 11) is 0. The monoisotopic (exact) mass is 186 g/mol. The van der Waals surface area contributed by atoms with Crippen LogP contribution < -0.4 is 0 Å².